The minimum absolute atomic E-state index is 0.809. The van der Waals surface area contributed by atoms with Crippen molar-refractivity contribution in [1.29, 1.82) is 0 Å². The van der Waals surface area contributed by atoms with E-state index in [0.717, 1.165) is 17.8 Å². The van der Waals surface area contributed by atoms with Crippen LogP contribution >= 0.6 is 0 Å². The maximum Gasteiger partial charge on any atom is -0.0228 e. The van der Waals surface area contributed by atoms with Crippen LogP contribution in [0.25, 0.3) is 0 Å². The lowest BCUT2D eigenvalue weighted by Gasteiger charge is -2.29. The van der Waals surface area contributed by atoms with Crippen LogP contribution in [0.2, 0.25) is 0 Å². The second-order valence-corrected chi connectivity index (χ2v) is 5.03. The van der Waals surface area contributed by atoms with Gasteiger partial charge in [0.1, 0.15) is 0 Å². The molecule has 1 rings (SSSR count). The third-order valence-electron chi connectivity index (χ3n) is 2.95. The zero-order valence-electron chi connectivity index (χ0n) is 10.9. The van der Waals surface area contributed by atoms with Crippen molar-refractivity contribution in [3.05, 3.63) is 11.6 Å². The molecule has 0 nitrogen and oxygen atoms in total. The molecule has 1 aliphatic carbocycles. The monoisotopic (exact) mass is 196 g/mol. The molecule has 0 heterocycles. The van der Waals surface area contributed by atoms with Gasteiger partial charge < -0.3 is 0 Å². The van der Waals surface area contributed by atoms with E-state index in [-0.39, 0.29) is 0 Å². The lowest BCUT2D eigenvalue weighted by Crippen LogP contribution is -2.19. The SMILES string of the molecule is CC1=CC(C)C(C(C)C)CC1.CCC. The Balaban J connectivity index is 0.000000500. The molecule has 0 aromatic heterocycles. The summed E-state index contributed by atoms with van der Waals surface area (Å²) < 4.78 is 0. The second-order valence-electron chi connectivity index (χ2n) is 5.03. The molecule has 0 aromatic carbocycles. The largest absolute Gasteiger partial charge is 0.0825 e. The molecule has 2 atom stereocenters. The molecule has 2 unspecified atom stereocenters. The molecule has 84 valence electrons. The van der Waals surface area contributed by atoms with Crippen LogP contribution in [0, 0.1) is 17.8 Å². The van der Waals surface area contributed by atoms with Crippen LogP contribution in [0.1, 0.15) is 60.8 Å². The summed E-state index contributed by atoms with van der Waals surface area (Å²) >= 11 is 0. The maximum absolute atomic E-state index is 2.45. The topological polar surface area (TPSA) is 0 Å². The predicted octanol–water partition coefficient (Wildman–Crippen LogP) is 5.05. The molecule has 1 aliphatic rings. The van der Waals surface area contributed by atoms with Crippen LogP contribution in [0.15, 0.2) is 11.6 Å². The summed E-state index contributed by atoms with van der Waals surface area (Å²) in [5.74, 6) is 2.59. The average molecular weight is 196 g/mol. The van der Waals surface area contributed by atoms with Crippen molar-refractivity contribution in [1.82, 2.24) is 0 Å². The summed E-state index contributed by atoms with van der Waals surface area (Å²) in [6.07, 6.45) is 6.43. The zero-order chi connectivity index (χ0) is 11.1. The van der Waals surface area contributed by atoms with Crippen molar-refractivity contribution in [3.8, 4) is 0 Å². The minimum Gasteiger partial charge on any atom is -0.0825 e. The van der Waals surface area contributed by atoms with Gasteiger partial charge in [-0.2, -0.15) is 0 Å². The van der Waals surface area contributed by atoms with Crippen molar-refractivity contribution in [2.75, 3.05) is 0 Å². The summed E-state index contributed by atoms with van der Waals surface area (Å²) in [5.41, 5.74) is 1.59. The highest BCUT2D eigenvalue weighted by Crippen LogP contribution is 2.33. The van der Waals surface area contributed by atoms with Crippen molar-refractivity contribution >= 4 is 0 Å². The number of hydrogen-bond acceptors (Lipinski definition) is 0. The molecule has 14 heavy (non-hydrogen) atoms. The summed E-state index contributed by atoms with van der Waals surface area (Å²) in [6.45, 7) is 13.5. The molecule has 0 saturated heterocycles. The van der Waals surface area contributed by atoms with Gasteiger partial charge in [0, 0.05) is 0 Å². The van der Waals surface area contributed by atoms with Gasteiger partial charge in [0.15, 0.2) is 0 Å². The van der Waals surface area contributed by atoms with E-state index in [2.05, 4.69) is 47.6 Å². The Bertz CT molecular complexity index is 165. The first-order chi connectivity index (χ1) is 6.52. The molecular formula is C14H28. The van der Waals surface area contributed by atoms with Gasteiger partial charge in [-0.05, 0) is 37.5 Å². The molecule has 0 heteroatoms. The standard InChI is InChI=1S/C11H20.C3H8/c1-8(2)11-6-5-9(3)7-10(11)4;1-3-2/h7-8,10-11H,5-6H2,1-4H3;3H2,1-2H3. The molecule has 0 saturated carbocycles. The fraction of sp³-hybridized carbons (Fsp3) is 0.857. The Morgan fingerprint density at radius 1 is 1.36 bits per heavy atom. The fourth-order valence-corrected chi connectivity index (χ4v) is 2.25. The van der Waals surface area contributed by atoms with E-state index in [4.69, 9.17) is 0 Å². The Hall–Kier alpha value is -0.260. The molecule has 0 radical (unpaired) electrons. The van der Waals surface area contributed by atoms with Gasteiger partial charge in [-0.3, -0.25) is 0 Å². The molecular weight excluding hydrogens is 168 g/mol. The normalized spacial score (nSPS) is 26.6. The van der Waals surface area contributed by atoms with E-state index in [1.807, 2.05) is 0 Å². The second kappa shape index (κ2) is 7.09. The van der Waals surface area contributed by atoms with Gasteiger partial charge in [-0.1, -0.05) is 52.7 Å². The third-order valence-corrected chi connectivity index (χ3v) is 2.95. The highest BCUT2D eigenvalue weighted by molar-refractivity contribution is 5.06. The predicted molar refractivity (Wildman–Crippen MR) is 66.4 cm³/mol. The first kappa shape index (κ1) is 13.7. The van der Waals surface area contributed by atoms with Crippen molar-refractivity contribution in [2.24, 2.45) is 17.8 Å². The highest BCUT2D eigenvalue weighted by atomic mass is 14.3. The Kier molecular flexibility index (Phi) is 6.96. The smallest absolute Gasteiger partial charge is 0.0228 e. The molecule has 0 N–H and O–H groups in total. The van der Waals surface area contributed by atoms with Crippen LogP contribution in [-0.2, 0) is 0 Å². The van der Waals surface area contributed by atoms with E-state index in [1.54, 1.807) is 5.57 Å². The van der Waals surface area contributed by atoms with E-state index in [0.29, 0.717) is 0 Å². The maximum atomic E-state index is 2.45. The average Bonchev–Trinajstić information content (AvgIpc) is 2.04. The lowest BCUT2D eigenvalue weighted by atomic mass is 9.76. The third kappa shape index (κ3) is 4.83. The molecule has 0 fully saturated rings. The number of allylic oxidation sites excluding steroid dienone is 2. The summed E-state index contributed by atoms with van der Waals surface area (Å²) in [7, 11) is 0. The Morgan fingerprint density at radius 3 is 2.21 bits per heavy atom. The van der Waals surface area contributed by atoms with Crippen LogP contribution in [-0.4, -0.2) is 0 Å². The van der Waals surface area contributed by atoms with Crippen molar-refractivity contribution in [2.45, 2.75) is 60.8 Å². The van der Waals surface area contributed by atoms with Crippen molar-refractivity contribution in [3.63, 3.8) is 0 Å². The quantitative estimate of drug-likeness (QED) is 0.515. The Morgan fingerprint density at radius 2 is 1.86 bits per heavy atom. The van der Waals surface area contributed by atoms with E-state index in [9.17, 15) is 0 Å². The summed E-state index contributed by atoms with van der Waals surface area (Å²) in [5, 5.41) is 0. The first-order valence-corrected chi connectivity index (χ1v) is 6.20. The van der Waals surface area contributed by atoms with E-state index < -0.39 is 0 Å². The van der Waals surface area contributed by atoms with Gasteiger partial charge in [0.25, 0.3) is 0 Å². The highest BCUT2D eigenvalue weighted by Gasteiger charge is 2.22. The van der Waals surface area contributed by atoms with E-state index in [1.165, 1.54) is 19.3 Å². The molecule has 0 amide bonds. The minimum atomic E-state index is 0.809. The van der Waals surface area contributed by atoms with Crippen LogP contribution in [0.4, 0.5) is 0 Å². The summed E-state index contributed by atoms with van der Waals surface area (Å²) in [4.78, 5) is 0. The van der Waals surface area contributed by atoms with E-state index >= 15 is 0 Å². The Labute approximate surface area is 90.8 Å². The zero-order valence-corrected chi connectivity index (χ0v) is 10.9. The molecule has 0 bridgehead atoms. The summed E-state index contributed by atoms with van der Waals surface area (Å²) in [6, 6.07) is 0. The molecule has 0 spiro atoms. The van der Waals surface area contributed by atoms with Gasteiger partial charge in [0.05, 0.1) is 0 Å². The number of rotatable bonds is 1. The van der Waals surface area contributed by atoms with Crippen LogP contribution < -0.4 is 0 Å². The molecule has 0 aromatic rings. The first-order valence-electron chi connectivity index (χ1n) is 6.20. The van der Waals surface area contributed by atoms with Crippen LogP contribution in [0.3, 0.4) is 0 Å². The van der Waals surface area contributed by atoms with Crippen LogP contribution in [0.5, 0.6) is 0 Å². The number of hydrogen-bond donors (Lipinski definition) is 0. The van der Waals surface area contributed by atoms with Gasteiger partial charge >= 0.3 is 0 Å². The van der Waals surface area contributed by atoms with Crippen molar-refractivity contribution < 1.29 is 0 Å². The van der Waals surface area contributed by atoms with Gasteiger partial charge in [0.2, 0.25) is 0 Å². The van der Waals surface area contributed by atoms with Gasteiger partial charge in [-0.25, -0.2) is 0 Å². The fourth-order valence-electron chi connectivity index (χ4n) is 2.25. The molecule has 0 aliphatic heterocycles. The lowest BCUT2D eigenvalue weighted by molar-refractivity contribution is 0.278. The van der Waals surface area contributed by atoms with Gasteiger partial charge in [-0.15, -0.1) is 0 Å².